The molecule has 0 aromatic rings. The van der Waals surface area contributed by atoms with Crippen LogP contribution in [0, 0.1) is 0 Å². The van der Waals surface area contributed by atoms with E-state index < -0.39 is 0 Å². The second kappa shape index (κ2) is 15.7. The summed E-state index contributed by atoms with van der Waals surface area (Å²) in [4.78, 5) is 7.22. The number of rotatable bonds is 11. The Kier molecular flexibility index (Phi) is 14.5. The van der Waals surface area contributed by atoms with Crippen molar-refractivity contribution in [2.75, 3.05) is 60.2 Å². The molecule has 2 N–H and O–H groups in total. The third-order valence-electron chi connectivity index (χ3n) is 6.06. The van der Waals surface area contributed by atoms with Crippen molar-refractivity contribution in [1.82, 2.24) is 15.5 Å². The molecular weight excluding hydrogens is 467 g/mol. The van der Waals surface area contributed by atoms with Crippen LogP contribution in [-0.4, -0.2) is 76.6 Å². The SMILES string of the molecule is CN=C(NCCCCOCCOC)NCC1(N2CCCCC2)CCCCC1.I. The lowest BCUT2D eigenvalue weighted by atomic mass is 9.79. The van der Waals surface area contributed by atoms with E-state index in [-0.39, 0.29) is 24.0 Å². The maximum absolute atomic E-state index is 5.51. The number of guanidine groups is 1. The van der Waals surface area contributed by atoms with Crippen LogP contribution < -0.4 is 10.6 Å². The maximum atomic E-state index is 5.51. The summed E-state index contributed by atoms with van der Waals surface area (Å²) in [5.74, 6) is 0.942. The maximum Gasteiger partial charge on any atom is 0.191 e. The molecule has 1 aliphatic carbocycles. The van der Waals surface area contributed by atoms with Crippen LogP contribution in [0.15, 0.2) is 4.99 Å². The molecule has 0 unspecified atom stereocenters. The molecule has 1 saturated carbocycles. The molecule has 0 aromatic carbocycles. The average Bonchev–Trinajstić information content (AvgIpc) is 2.73. The van der Waals surface area contributed by atoms with Gasteiger partial charge in [-0.25, -0.2) is 0 Å². The Bertz CT molecular complexity index is 411. The van der Waals surface area contributed by atoms with Crippen LogP contribution in [0.4, 0.5) is 0 Å². The summed E-state index contributed by atoms with van der Waals surface area (Å²) in [7, 11) is 3.58. The first-order chi connectivity index (χ1) is 13.3. The van der Waals surface area contributed by atoms with Gasteiger partial charge in [-0.2, -0.15) is 0 Å². The summed E-state index contributed by atoms with van der Waals surface area (Å²) < 4.78 is 10.5. The van der Waals surface area contributed by atoms with Gasteiger partial charge in [-0.05, 0) is 51.6 Å². The zero-order valence-electron chi connectivity index (χ0n) is 18.1. The van der Waals surface area contributed by atoms with Gasteiger partial charge in [-0.15, -0.1) is 24.0 Å². The quantitative estimate of drug-likeness (QED) is 0.193. The van der Waals surface area contributed by atoms with Crippen LogP contribution in [0.25, 0.3) is 0 Å². The summed E-state index contributed by atoms with van der Waals surface area (Å²) in [5, 5.41) is 7.12. The number of likely N-dealkylation sites (tertiary alicyclic amines) is 1. The van der Waals surface area contributed by atoms with E-state index in [9.17, 15) is 0 Å². The highest BCUT2D eigenvalue weighted by molar-refractivity contribution is 14.0. The molecule has 0 amide bonds. The first-order valence-electron chi connectivity index (χ1n) is 11.1. The molecule has 0 radical (unpaired) electrons. The lowest BCUT2D eigenvalue weighted by Gasteiger charge is -2.48. The van der Waals surface area contributed by atoms with Crippen molar-refractivity contribution in [2.45, 2.75) is 69.7 Å². The second-order valence-electron chi connectivity index (χ2n) is 8.00. The number of aliphatic imine (C=N–C) groups is 1. The third-order valence-corrected chi connectivity index (χ3v) is 6.06. The Labute approximate surface area is 189 Å². The summed E-state index contributed by atoms with van der Waals surface area (Å²) in [6.07, 6.45) is 13.1. The average molecular weight is 511 g/mol. The second-order valence-corrected chi connectivity index (χ2v) is 8.00. The van der Waals surface area contributed by atoms with Gasteiger partial charge in [-0.1, -0.05) is 25.7 Å². The number of halogens is 1. The fourth-order valence-corrected chi connectivity index (χ4v) is 4.43. The smallest absolute Gasteiger partial charge is 0.191 e. The van der Waals surface area contributed by atoms with Crippen molar-refractivity contribution in [2.24, 2.45) is 4.99 Å². The zero-order valence-corrected chi connectivity index (χ0v) is 20.5. The van der Waals surface area contributed by atoms with Crippen molar-refractivity contribution in [3.05, 3.63) is 0 Å². The summed E-state index contributed by atoms with van der Waals surface area (Å²) in [5.41, 5.74) is 0.339. The first kappa shape index (κ1) is 25.9. The Hall–Kier alpha value is -0.120. The predicted molar refractivity (Wildman–Crippen MR) is 128 cm³/mol. The highest BCUT2D eigenvalue weighted by Gasteiger charge is 2.38. The van der Waals surface area contributed by atoms with Crippen LogP contribution in [-0.2, 0) is 9.47 Å². The highest BCUT2D eigenvalue weighted by Crippen LogP contribution is 2.35. The van der Waals surface area contributed by atoms with E-state index >= 15 is 0 Å². The number of nitrogens with one attached hydrogen (secondary N) is 2. The number of ether oxygens (including phenoxy) is 2. The molecule has 2 fully saturated rings. The van der Waals surface area contributed by atoms with Gasteiger partial charge >= 0.3 is 0 Å². The molecule has 0 atom stereocenters. The number of piperidine rings is 1. The van der Waals surface area contributed by atoms with Crippen LogP contribution in [0.1, 0.15) is 64.2 Å². The number of hydrogen-bond acceptors (Lipinski definition) is 4. The van der Waals surface area contributed by atoms with Crippen molar-refractivity contribution >= 4 is 29.9 Å². The minimum absolute atomic E-state index is 0. The molecular formula is C21H43IN4O2. The Morgan fingerprint density at radius 2 is 1.64 bits per heavy atom. The molecule has 0 bridgehead atoms. The van der Waals surface area contributed by atoms with E-state index in [0.29, 0.717) is 18.8 Å². The van der Waals surface area contributed by atoms with E-state index in [1.807, 2.05) is 7.05 Å². The van der Waals surface area contributed by atoms with Crippen molar-refractivity contribution < 1.29 is 9.47 Å². The molecule has 1 aliphatic heterocycles. The molecule has 7 heteroatoms. The fourth-order valence-electron chi connectivity index (χ4n) is 4.43. The fraction of sp³-hybridized carbons (Fsp3) is 0.952. The lowest BCUT2D eigenvalue weighted by molar-refractivity contribution is 0.0368. The van der Waals surface area contributed by atoms with Gasteiger partial charge < -0.3 is 20.1 Å². The van der Waals surface area contributed by atoms with Gasteiger partial charge in [-0.3, -0.25) is 9.89 Å². The normalized spacial score (nSPS) is 20.4. The van der Waals surface area contributed by atoms with Gasteiger partial charge in [0.25, 0.3) is 0 Å². The van der Waals surface area contributed by atoms with Crippen molar-refractivity contribution in [3.63, 3.8) is 0 Å². The molecule has 6 nitrogen and oxygen atoms in total. The Morgan fingerprint density at radius 1 is 0.929 bits per heavy atom. The molecule has 0 aromatic heterocycles. The summed E-state index contributed by atoms with van der Waals surface area (Å²) in [6, 6.07) is 0. The number of nitrogens with zero attached hydrogens (tertiary/aromatic N) is 2. The van der Waals surface area contributed by atoms with E-state index in [1.165, 1.54) is 64.5 Å². The van der Waals surface area contributed by atoms with Crippen LogP contribution in [0.2, 0.25) is 0 Å². The third kappa shape index (κ3) is 9.13. The summed E-state index contributed by atoms with van der Waals surface area (Å²) >= 11 is 0. The molecule has 1 heterocycles. The Morgan fingerprint density at radius 3 is 2.32 bits per heavy atom. The van der Waals surface area contributed by atoms with Crippen LogP contribution in [0.5, 0.6) is 0 Å². The van der Waals surface area contributed by atoms with Crippen LogP contribution in [0.3, 0.4) is 0 Å². The van der Waals surface area contributed by atoms with E-state index in [2.05, 4.69) is 20.5 Å². The molecule has 0 spiro atoms. The van der Waals surface area contributed by atoms with Gasteiger partial charge in [0.15, 0.2) is 5.96 Å². The summed E-state index contributed by atoms with van der Waals surface area (Å²) in [6.45, 7) is 6.67. The Balaban J connectivity index is 0.00000392. The molecule has 2 rings (SSSR count). The molecule has 2 aliphatic rings. The number of unbranched alkanes of at least 4 members (excludes halogenated alkanes) is 1. The van der Waals surface area contributed by atoms with Gasteiger partial charge in [0.1, 0.15) is 0 Å². The van der Waals surface area contributed by atoms with Crippen molar-refractivity contribution in [1.29, 1.82) is 0 Å². The molecule has 166 valence electrons. The molecule has 28 heavy (non-hydrogen) atoms. The largest absolute Gasteiger partial charge is 0.382 e. The topological polar surface area (TPSA) is 58.1 Å². The zero-order chi connectivity index (χ0) is 19.2. The van der Waals surface area contributed by atoms with Gasteiger partial charge in [0.2, 0.25) is 0 Å². The minimum atomic E-state index is 0. The number of hydrogen-bond donors (Lipinski definition) is 2. The minimum Gasteiger partial charge on any atom is -0.382 e. The highest BCUT2D eigenvalue weighted by atomic mass is 127. The van der Waals surface area contributed by atoms with E-state index in [4.69, 9.17) is 9.47 Å². The van der Waals surface area contributed by atoms with Gasteiger partial charge in [0.05, 0.1) is 13.2 Å². The predicted octanol–water partition coefficient (Wildman–Crippen LogP) is 3.40. The number of methoxy groups -OCH3 is 1. The standard InChI is InChI=1S/C21H42N4O2.HI/c1-22-20(23-13-7-10-16-27-18-17-26-2)24-19-21(11-5-3-6-12-21)25-14-8-4-9-15-25;/h3-19H2,1-2H3,(H2,22,23,24);1H. The van der Waals surface area contributed by atoms with E-state index in [1.54, 1.807) is 7.11 Å². The lowest BCUT2D eigenvalue weighted by Crippen LogP contribution is -2.59. The van der Waals surface area contributed by atoms with E-state index in [0.717, 1.165) is 38.5 Å². The van der Waals surface area contributed by atoms with Crippen LogP contribution >= 0.6 is 24.0 Å². The van der Waals surface area contributed by atoms with Crippen molar-refractivity contribution in [3.8, 4) is 0 Å². The molecule has 1 saturated heterocycles. The monoisotopic (exact) mass is 510 g/mol. The first-order valence-corrected chi connectivity index (χ1v) is 11.1. The van der Waals surface area contributed by atoms with Gasteiger partial charge in [0, 0.05) is 39.4 Å².